The number of halogens is 2. The van der Waals surface area contributed by atoms with E-state index < -0.39 is 0 Å². The molecule has 0 saturated carbocycles. The second kappa shape index (κ2) is 7.62. The van der Waals surface area contributed by atoms with Crippen LogP contribution in [0.2, 0.25) is 10.0 Å². The van der Waals surface area contributed by atoms with E-state index >= 15 is 0 Å². The number of fused-ring (bicyclic) bond motifs is 1. The minimum atomic E-state index is -0.249. The second-order valence-electron chi connectivity index (χ2n) is 6.24. The van der Waals surface area contributed by atoms with E-state index in [1.165, 1.54) is 0 Å². The molecule has 4 aromatic rings. The fourth-order valence-corrected chi connectivity index (χ4v) is 3.25. The number of nitrogens with one attached hydrogen (secondary N) is 1. The van der Waals surface area contributed by atoms with Crippen molar-refractivity contribution < 1.29 is 4.79 Å². The highest BCUT2D eigenvalue weighted by molar-refractivity contribution is 6.42. The third-order valence-corrected chi connectivity index (χ3v) is 5.13. The highest BCUT2D eigenvalue weighted by Crippen LogP contribution is 2.28. The zero-order valence-corrected chi connectivity index (χ0v) is 16.5. The van der Waals surface area contributed by atoms with Gasteiger partial charge < -0.3 is 5.32 Å². The topological polar surface area (TPSA) is 59.8 Å². The van der Waals surface area contributed by atoms with E-state index in [-0.39, 0.29) is 5.91 Å². The van der Waals surface area contributed by atoms with Gasteiger partial charge in [0.15, 0.2) is 0 Å². The van der Waals surface area contributed by atoms with Crippen LogP contribution in [0.5, 0.6) is 0 Å². The zero-order chi connectivity index (χ0) is 19.7. The molecule has 4 rings (SSSR count). The Morgan fingerprint density at radius 3 is 2.68 bits per heavy atom. The summed E-state index contributed by atoms with van der Waals surface area (Å²) in [6.07, 6.45) is 3.67. The summed E-state index contributed by atoms with van der Waals surface area (Å²) in [5, 5.41) is 8.77. The van der Waals surface area contributed by atoms with Gasteiger partial charge in [0, 0.05) is 29.4 Å². The maximum absolute atomic E-state index is 13.0. The Hall–Kier alpha value is -2.89. The van der Waals surface area contributed by atoms with Crippen molar-refractivity contribution >= 4 is 45.7 Å². The molecule has 0 unspecified atom stereocenters. The monoisotopic (exact) mass is 410 g/mol. The molecule has 0 radical (unpaired) electrons. The van der Waals surface area contributed by atoms with Gasteiger partial charge in [-0.25, -0.2) is 4.98 Å². The largest absolute Gasteiger partial charge is 0.322 e. The van der Waals surface area contributed by atoms with Crippen LogP contribution in [0.15, 0.2) is 60.9 Å². The lowest BCUT2D eigenvalue weighted by molar-refractivity contribution is 0.102. The first-order chi connectivity index (χ1) is 13.5. The van der Waals surface area contributed by atoms with Crippen molar-refractivity contribution in [2.24, 2.45) is 0 Å². The Kier molecular flexibility index (Phi) is 5.03. The van der Waals surface area contributed by atoms with E-state index in [2.05, 4.69) is 10.4 Å². The van der Waals surface area contributed by atoms with Gasteiger partial charge in [-0.3, -0.25) is 9.48 Å². The fourth-order valence-electron chi connectivity index (χ4n) is 2.95. The molecule has 0 aliphatic rings. The number of amides is 1. The number of aromatic nitrogens is 3. The molecule has 2 aromatic heterocycles. The summed E-state index contributed by atoms with van der Waals surface area (Å²) in [6.45, 7) is 2.78. The van der Waals surface area contributed by atoms with Crippen molar-refractivity contribution in [3.05, 3.63) is 76.5 Å². The summed E-state index contributed by atoms with van der Waals surface area (Å²) >= 11 is 12.0. The van der Waals surface area contributed by atoms with Crippen LogP contribution in [-0.2, 0) is 6.54 Å². The molecular formula is C21H16Cl2N4O. The molecule has 0 bridgehead atoms. The lowest BCUT2D eigenvalue weighted by Gasteiger charge is -2.10. The molecule has 0 spiro atoms. The summed E-state index contributed by atoms with van der Waals surface area (Å²) in [6, 6.07) is 14.3. The predicted molar refractivity (Wildman–Crippen MR) is 113 cm³/mol. The summed E-state index contributed by atoms with van der Waals surface area (Å²) in [4.78, 5) is 17.7. The number of pyridine rings is 1. The van der Waals surface area contributed by atoms with Gasteiger partial charge in [-0.15, -0.1) is 0 Å². The van der Waals surface area contributed by atoms with E-state index in [1.807, 2.05) is 42.1 Å². The highest BCUT2D eigenvalue weighted by atomic mass is 35.5. The first-order valence-electron chi connectivity index (χ1n) is 8.74. The van der Waals surface area contributed by atoms with Crippen molar-refractivity contribution in [1.82, 2.24) is 14.8 Å². The molecule has 2 aromatic carbocycles. The molecule has 0 aliphatic carbocycles. The summed E-state index contributed by atoms with van der Waals surface area (Å²) in [5.74, 6) is -0.249. The second-order valence-corrected chi connectivity index (χ2v) is 7.05. The maximum Gasteiger partial charge on any atom is 0.256 e. The molecule has 28 heavy (non-hydrogen) atoms. The van der Waals surface area contributed by atoms with Crippen LogP contribution in [0, 0.1) is 0 Å². The lowest BCUT2D eigenvalue weighted by Crippen LogP contribution is -2.13. The summed E-state index contributed by atoms with van der Waals surface area (Å²) in [5.41, 5.74) is 3.38. The Morgan fingerprint density at radius 1 is 1.11 bits per heavy atom. The van der Waals surface area contributed by atoms with Crippen LogP contribution >= 0.6 is 23.2 Å². The number of para-hydroxylation sites is 1. The lowest BCUT2D eigenvalue weighted by atomic mass is 10.0. The van der Waals surface area contributed by atoms with E-state index in [0.29, 0.717) is 27.0 Å². The number of hydrogen-bond donors (Lipinski definition) is 1. The van der Waals surface area contributed by atoms with Gasteiger partial charge in [-0.1, -0.05) is 41.4 Å². The van der Waals surface area contributed by atoms with Crippen LogP contribution < -0.4 is 5.32 Å². The van der Waals surface area contributed by atoms with Crippen molar-refractivity contribution in [3.63, 3.8) is 0 Å². The first kappa shape index (κ1) is 18.5. The van der Waals surface area contributed by atoms with Crippen molar-refractivity contribution in [2.45, 2.75) is 13.5 Å². The number of carbonyl (C=O) groups is 1. The van der Waals surface area contributed by atoms with Gasteiger partial charge in [-0.2, -0.15) is 5.10 Å². The van der Waals surface area contributed by atoms with E-state index in [0.717, 1.165) is 23.0 Å². The smallest absolute Gasteiger partial charge is 0.256 e. The van der Waals surface area contributed by atoms with Gasteiger partial charge in [-0.05, 0) is 37.3 Å². The standard InChI is InChI=1S/C21H16Cl2N4O/c1-2-27-12-13(11-24-27)20-10-16(15-5-3-4-6-19(15)26-20)21(28)25-14-7-8-17(22)18(23)9-14/h3-12H,2H2,1H3,(H,25,28). The van der Waals surface area contributed by atoms with Crippen LogP contribution in [0.25, 0.3) is 22.2 Å². The Labute approximate surface area is 171 Å². The Morgan fingerprint density at radius 2 is 1.93 bits per heavy atom. The molecule has 7 heteroatoms. The Bertz CT molecular complexity index is 1190. The third kappa shape index (κ3) is 3.59. The average Bonchev–Trinajstić information content (AvgIpc) is 3.19. The first-order valence-corrected chi connectivity index (χ1v) is 9.50. The molecule has 2 heterocycles. The summed E-state index contributed by atoms with van der Waals surface area (Å²) < 4.78 is 1.82. The van der Waals surface area contributed by atoms with E-state index in [9.17, 15) is 4.79 Å². The van der Waals surface area contributed by atoms with Crippen LogP contribution in [0.1, 0.15) is 17.3 Å². The number of anilines is 1. The van der Waals surface area contributed by atoms with Crippen molar-refractivity contribution in [2.75, 3.05) is 5.32 Å². The van der Waals surface area contributed by atoms with Crippen molar-refractivity contribution in [3.8, 4) is 11.3 Å². The maximum atomic E-state index is 13.0. The molecule has 0 atom stereocenters. The number of benzene rings is 2. The number of nitrogens with zero attached hydrogens (tertiary/aromatic N) is 3. The quantitative estimate of drug-likeness (QED) is 0.470. The van der Waals surface area contributed by atoms with Gasteiger partial charge in [0.2, 0.25) is 0 Å². The SMILES string of the molecule is CCn1cc(-c2cc(C(=O)Nc3ccc(Cl)c(Cl)c3)c3ccccc3n2)cn1. The molecule has 0 aliphatic heterocycles. The number of aryl methyl sites for hydroxylation is 1. The average molecular weight is 411 g/mol. The van der Waals surface area contributed by atoms with Crippen LogP contribution in [0.4, 0.5) is 5.69 Å². The third-order valence-electron chi connectivity index (χ3n) is 4.39. The predicted octanol–water partition coefficient (Wildman–Crippen LogP) is 5.68. The molecule has 1 amide bonds. The molecule has 0 saturated heterocycles. The highest BCUT2D eigenvalue weighted by Gasteiger charge is 2.15. The fraction of sp³-hybridized carbons (Fsp3) is 0.0952. The van der Waals surface area contributed by atoms with Crippen LogP contribution in [0.3, 0.4) is 0 Å². The summed E-state index contributed by atoms with van der Waals surface area (Å²) in [7, 11) is 0. The van der Waals surface area contributed by atoms with Crippen molar-refractivity contribution in [1.29, 1.82) is 0 Å². The van der Waals surface area contributed by atoms with Gasteiger partial charge in [0.1, 0.15) is 0 Å². The number of hydrogen-bond acceptors (Lipinski definition) is 3. The number of rotatable bonds is 4. The molecular weight excluding hydrogens is 395 g/mol. The van der Waals surface area contributed by atoms with Gasteiger partial charge >= 0.3 is 0 Å². The van der Waals surface area contributed by atoms with Gasteiger partial charge in [0.05, 0.1) is 33.0 Å². The minimum absolute atomic E-state index is 0.249. The molecule has 1 N–H and O–H groups in total. The minimum Gasteiger partial charge on any atom is -0.322 e. The van der Waals surface area contributed by atoms with E-state index in [1.54, 1.807) is 30.5 Å². The van der Waals surface area contributed by atoms with Gasteiger partial charge in [0.25, 0.3) is 5.91 Å². The zero-order valence-electron chi connectivity index (χ0n) is 15.0. The molecule has 5 nitrogen and oxygen atoms in total. The van der Waals surface area contributed by atoms with Crippen LogP contribution in [-0.4, -0.2) is 20.7 Å². The Balaban J connectivity index is 1.77. The van der Waals surface area contributed by atoms with E-state index in [4.69, 9.17) is 28.2 Å². The molecule has 140 valence electrons. The normalized spacial score (nSPS) is 11.0. The molecule has 0 fully saturated rings. The number of carbonyl (C=O) groups excluding carboxylic acids is 1.